The Morgan fingerprint density at radius 2 is 1.96 bits per heavy atom. The van der Waals surface area contributed by atoms with Gasteiger partial charge >= 0.3 is 0 Å². The van der Waals surface area contributed by atoms with Crippen LogP contribution in [-0.2, 0) is 0 Å². The number of hydrogen-bond donors (Lipinski definition) is 1. The first-order valence-corrected chi connectivity index (χ1v) is 7.55. The van der Waals surface area contributed by atoms with Crippen molar-refractivity contribution in [3.8, 4) is 11.6 Å². The number of nitrogens with one attached hydrogen (secondary N) is 1. The summed E-state index contributed by atoms with van der Waals surface area (Å²) < 4.78 is 7.16. The molecule has 0 bridgehead atoms. The average Bonchev–Trinajstić information content (AvgIpc) is 3.03. The van der Waals surface area contributed by atoms with Crippen LogP contribution in [0.25, 0.3) is 5.82 Å². The number of nitrogens with zero attached hydrogens (tertiary/aromatic N) is 4. The number of amides is 1. The van der Waals surface area contributed by atoms with Gasteiger partial charge in [-0.2, -0.15) is 0 Å². The monoisotopic (exact) mass is 323 g/mol. The van der Waals surface area contributed by atoms with Crippen LogP contribution in [0.1, 0.15) is 23.2 Å². The minimum absolute atomic E-state index is 0.241. The summed E-state index contributed by atoms with van der Waals surface area (Å²) in [5, 5.41) is 10.8. The van der Waals surface area contributed by atoms with Crippen LogP contribution in [0.2, 0.25) is 0 Å². The van der Waals surface area contributed by atoms with Crippen molar-refractivity contribution < 1.29 is 9.53 Å². The van der Waals surface area contributed by atoms with Gasteiger partial charge in [0.1, 0.15) is 11.6 Å². The van der Waals surface area contributed by atoms with Gasteiger partial charge in [0.05, 0.1) is 6.61 Å². The number of rotatable bonds is 5. The minimum atomic E-state index is -0.319. The highest BCUT2D eigenvalue weighted by Gasteiger charge is 2.10. The summed E-state index contributed by atoms with van der Waals surface area (Å²) in [5.74, 6) is 1.86. The molecule has 0 saturated heterocycles. The van der Waals surface area contributed by atoms with Gasteiger partial charge in [-0.1, -0.05) is 0 Å². The number of ether oxygens (including phenoxy) is 1. The van der Waals surface area contributed by atoms with E-state index < -0.39 is 0 Å². The van der Waals surface area contributed by atoms with Gasteiger partial charge in [-0.3, -0.25) is 9.36 Å². The minimum Gasteiger partial charge on any atom is -0.494 e. The van der Waals surface area contributed by atoms with Crippen LogP contribution in [0, 0.1) is 6.92 Å². The number of benzene rings is 1. The summed E-state index contributed by atoms with van der Waals surface area (Å²) in [6.07, 6.45) is 3.47. The number of imidazole rings is 1. The zero-order chi connectivity index (χ0) is 16.9. The van der Waals surface area contributed by atoms with Gasteiger partial charge in [-0.05, 0) is 50.2 Å². The van der Waals surface area contributed by atoms with E-state index in [0.717, 1.165) is 11.6 Å². The smallest absolute Gasteiger partial charge is 0.276 e. The van der Waals surface area contributed by atoms with Crippen molar-refractivity contribution in [2.75, 3.05) is 11.9 Å². The molecular formula is C17H17N5O2. The summed E-state index contributed by atoms with van der Waals surface area (Å²) in [6.45, 7) is 4.39. The van der Waals surface area contributed by atoms with Crippen LogP contribution < -0.4 is 10.1 Å². The molecule has 122 valence electrons. The maximum atomic E-state index is 12.2. The Kier molecular flexibility index (Phi) is 4.51. The Morgan fingerprint density at radius 3 is 2.54 bits per heavy atom. The molecule has 0 unspecified atom stereocenters. The lowest BCUT2D eigenvalue weighted by molar-refractivity contribution is 0.102. The summed E-state index contributed by atoms with van der Waals surface area (Å²) in [7, 11) is 0. The van der Waals surface area contributed by atoms with E-state index in [2.05, 4.69) is 20.5 Å². The number of anilines is 1. The highest BCUT2D eigenvalue weighted by Crippen LogP contribution is 2.16. The van der Waals surface area contributed by atoms with E-state index in [-0.39, 0.29) is 11.6 Å². The van der Waals surface area contributed by atoms with Crippen molar-refractivity contribution in [1.82, 2.24) is 19.7 Å². The standard InChI is InChI=1S/C17H17N5O2/c1-3-24-14-6-4-13(5-7-14)19-17(23)15-8-9-16(21-20-15)22-11-10-18-12(22)2/h4-11H,3H2,1-2H3,(H,19,23). The molecule has 2 heterocycles. The number of aromatic nitrogens is 4. The van der Waals surface area contributed by atoms with E-state index >= 15 is 0 Å². The van der Waals surface area contributed by atoms with Crippen molar-refractivity contribution in [3.05, 3.63) is 60.3 Å². The lowest BCUT2D eigenvalue weighted by Gasteiger charge is -2.07. The lowest BCUT2D eigenvalue weighted by atomic mass is 10.3. The first-order chi connectivity index (χ1) is 11.7. The average molecular weight is 323 g/mol. The molecule has 1 aromatic carbocycles. The van der Waals surface area contributed by atoms with E-state index in [1.807, 2.05) is 13.8 Å². The molecule has 0 radical (unpaired) electrons. The summed E-state index contributed by atoms with van der Waals surface area (Å²) >= 11 is 0. The van der Waals surface area contributed by atoms with Crippen LogP contribution in [-0.4, -0.2) is 32.3 Å². The maximum absolute atomic E-state index is 12.2. The van der Waals surface area contributed by atoms with E-state index in [4.69, 9.17) is 4.74 Å². The molecule has 0 aliphatic carbocycles. The molecule has 0 fully saturated rings. The third-order valence-corrected chi connectivity index (χ3v) is 3.38. The van der Waals surface area contributed by atoms with Gasteiger partial charge in [0, 0.05) is 18.1 Å². The molecule has 1 amide bonds. The zero-order valence-corrected chi connectivity index (χ0v) is 13.4. The van der Waals surface area contributed by atoms with Crippen LogP contribution in [0.15, 0.2) is 48.8 Å². The maximum Gasteiger partial charge on any atom is 0.276 e. The highest BCUT2D eigenvalue weighted by molar-refractivity contribution is 6.02. The molecule has 0 saturated carbocycles. The van der Waals surface area contributed by atoms with Crippen molar-refractivity contribution in [3.63, 3.8) is 0 Å². The fraction of sp³-hybridized carbons (Fsp3) is 0.176. The predicted molar refractivity (Wildman–Crippen MR) is 89.5 cm³/mol. The SMILES string of the molecule is CCOc1ccc(NC(=O)c2ccc(-n3ccnc3C)nn2)cc1. The van der Waals surface area contributed by atoms with E-state index in [1.54, 1.807) is 53.4 Å². The lowest BCUT2D eigenvalue weighted by Crippen LogP contribution is -2.15. The van der Waals surface area contributed by atoms with Crippen LogP contribution in [0.5, 0.6) is 5.75 Å². The van der Waals surface area contributed by atoms with Crippen LogP contribution >= 0.6 is 0 Å². The van der Waals surface area contributed by atoms with E-state index in [1.165, 1.54) is 0 Å². The second kappa shape index (κ2) is 6.91. The van der Waals surface area contributed by atoms with Gasteiger partial charge in [0.2, 0.25) is 0 Å². The zero-order valence-electron chi connectivity index (χ0n) is 13.4. The van der Waals surface area contributed by atoms with Gasteiger partial charge in [-0.25, -0.2) is 4.98 Å². The second-order valence-corrected chi connectivity index (χ2v) is 5.03. The van der Waals surface area contributed by atoms with Crippen molar-refractivity contribution in [2.24, 2.45) is 0 Å². The first-order valence-electron chi connectivity index (χ1n) is 7.55. The largest absolute Gasteiger partial charge is 0.494 e. The molecule has 24 heavy (non-hydrogen) atoms. The van der Waals surface area contributed by atoms with Crippen LogP contribution in [0.3, 0.4) is 0 Å². The number of carbonyl (C=O) groups is 1. The Bertz CT molecular complexity index is 825. The van der Waals surface area contributed by atoms with Crippen molar-refractivity contribution >= 4 is 11.6 Å². The molecule has 7 nitrogen and oxygen atoms in total. The Morgan fingerprint density at radius 1 is 1.17 bits per heavy atom. The Hall–Kier alpha value is -3.22. The fourth-order valence-electron chi connectivity index (χ4n) is 2.19. The molecule has 1 N–H and O–H groups in total. The predicted octanol–water partition coefficient (Wildman–Crippen LogP) is 2.62. The van der Waals surface area contributed by atoms with E-state index in [0.29, 0.717) is 18.1 Å². The van der Waals surface area contributed by atoms with Gasteiger partial charge in [-0.15, -0.1) is 10.2 Å². The fourth-order valence-corrected chi connectivity index (χ4v) is 2.19. The normalized spacial score (nSPS) is 10.4. The third kappa shape index (κ3) is 3.40. The van der Waals surface area contributed by atoms with Gasteiger partial charge < -0.3 is 10.1 Å². The van der Waals surface area contributed by atoms with E-state index in [9.17, 15) is 4.79 Å². The third-order valence-electron chi connectivity index (χ3n) is 3.38. The topological polar surface area (TPSA) is 81.9 Å². The van der Waals surface area contributed by atoms with Crippen molar-refractivity contribution in [2.45, 2.75) is 13.8 Å². The van der Waals surface area contributed by atoms with Crippen molar-refractivity contribution in [1.29, 1.82) is 0 Å². The molecule has 3 rings (SSSR count). The number of aryl methyl sites for hydroxylation is 1. The molecule has 0 spiro atoms. The number of hydrogen-bond acceptors (Lipinski definition) is 5. The van der Waals surface area contributed by atoms with Gasteiger partial charge in [0.25, 0.3) is 5.91 Å². The molecule has 0 atom stereocenters. The molecule has 2 aromatic heterocycles. The van der Waals surface area contributed by atoms with Crippen LogP contribution in [0.4, 0.5) is 5.69 Å². The quantitative estimate of drug-likeness (QED) is 0.780. The molecule has 0 aliphatic heterocycles. The Labute approximate surface area is 139 Å². The Balaban J connectivity index is 1.70. The summed E-state index contributed by atoms with van der Waals surface area (Å²) in [5.41, 5.74) is 0.908. The summed E-state index contributed by atoms with van der Waals surface area (Å²) in [6, 6.07) is 10.5. The molecular weight excluding hydrogens is 306 g/mol. The molecule has 0 aliphatic rings. The molecule has 3 aromatic rings. The summed E-state index contributed by atoms with van der Waals surface area (Å²) in [4.78, 5) is 16.4. The number of carbonyl (C=O) groups excluding carboxylic acids is 1. The second-order valence-electron chi connectivity index (χ2n) is 5.03. The first kappa shape index (κ1) is 15.7. The molecule has 7 heteroatoms. The van der Waals surface area contributed by atoms with Gasteiger partial charge in [0.15, 0.2) is 11.5 Å². The highest BCUT2D eigenvalue weighted by atomic mass is 16.5.